The number of hydrogen-bond acceptors (Lipinski definition) is 3. The molecule has 2 rings (SSSR count). The van der Waals surface area contributed by atoms with E-state index in [4.69, 9.17) is 5.73 Å². The van der Waals surface area contributed by atoms with Gasteiger partial charge in [0.05, 0.1) is 0 Å². The lowest BCUT2D eigenvalue weighted by atomic mass is 10.3. The number of nitrogens with two attached hydrogens (primary N) is 1. The summed E-state index contributed by atoms with van der Waals surface area (Å²) < 4.78 is 0. The Morgan fingerprint density at radius 1 is 1.21 bits per heavy atom. The number of nitrogens with one attached hydrogen (secondary N) is 2. The van der Waals surface area contributed by atoms with Crippen LogP contribution in [0.25, 0.3) is 0 Å². The predicted octanol–water partition coefficient (Wildman–Crippen LogP) is 1.88. The number of rotatable bonds is 5. The standard InChI is InChI=1S/C14H22N4O/c15-12-4-6-13(7-5-12)17-14(19)16-8-3-11-18-9-1-2-10-18/h4-7H,1-3,8-11,15H2,(H2,16,17,19). The van der Waals surface area contributed by atoms with E-state index in [0.29, 0.717) is 12.2 Å². The van der Waals surface area contributed by atoms with Crippen LogP contribution < -0.4 is 16.4 Å². The first-order chi connectivity index (χ1) is 9.24. The van der Waals surface area contributed by atoms with Crippen molar-refractivity contribution in [2.45, 2.75) is 19.3 Å². The van der Waals surface area contributed by atoms with E-state index in [1.165, 1.54) is 25.9 Å². The smallest absolute Gasteiger partial charge is 0.319 e. The number of carbonyl (C=O) groups excluding carboxylic acids is 1. The summed E-state index contributed by atoms with van der Waals surface area (Å²) >= 11 is 0. The number of anilines is 2. The van der Waals surface area contributed by atoms with Gasteiger partial charge in [0, 0.05) is 17.9 Å². The number of hydrogen-bond donors (Lipinski definition) is 3. The molecule has 19 heavy (non-hydrogen) atoms. The van der Waals surface area contributed by atoms with Gasteiger partial charge in [-0.1, -0.05) is 0 Å². The van der Waals surface area contributed by atoms with Crippen LogP contribution in [0, 0.1) is 0 Å². The van der Waals surface area contributed by atoms with Crippen molar-refractivity contribution in [3.63, 3.8) is 0 Å². The van der Waals surface area contributed by atoms with Crippen LogP contribution in [0.3, 0.4) is 0 Å². The average molecular weight is 262 g/mol. The maximum atomic E-state index is 11.6. The van der Waals surface area contributed by atoms with Crippen LogP contribution in [-0.2, 0) is 0 Å². The normalized spacial score (nSPS) is 15.4. The van der Waals surface area contributed by atoms with Crippen LogP contribution in [0.4, 0.5) is 16.2 Å². The van der Waals surface area contributed by atoms with Gasteiger partial charge in [0.2, 0.25) is 0 Å². The van der Waals surface area contributed by atoms with Crippen LogP contribution in [0.1, 0.15) is 19.3 Å². The second-order valence-corrected chi connectivity index (χ2v) is 4.91. The quantitative estimate of drug-likeness (QED) is 0.560. The number of urea groups is 1. The molecule has 0 aliphatic carbocycles. The van der Waals surface area contributed by atoms with E-state index in [1.807, 2.05) is 0 Å². The number of benzene rings is 1. The molecule has 104 valence electrons. The molecule has 0 saturated carbocycles. The fraction of sp³-hybridized carbons (Fsp3) is 0.500. The van der Waals surface area contributed by atoms with Crippen molar-refractivity contribution in [3.8, 4) is 0 Å². The zero-order valence-corrected chi connectivity index (χ0v) is 11.2. The third-order valence-electron chi connectivity index (χ3n) is 3.30. The van der Waals surface area contributed by atoms with Crippen molar-refractivity contribution in [2.75, 3.05) is 37.2 Å². The van der Waals surface area contributed by atoms with Crippen LogP contribution in [0.5, 0.6) is 0 Å². The molecule has 1 fully saturated rings. The lowest BCUT2D eigenvalue weighted by Gasteiger charge is -2.14. The molecule has 0 bridgehead atoms. The molecule has 0 atom stereocenters. The Hall–Kier alpha value is -1.75. The van der Waals surface area contributed by atoms with E-state index in [9.17, 15) is 4.79 Å². The first-order valence-electron chi connectivity index (χ1n) is 6.87. The monoisotopic (exact) mass is 262 g/mol. The molecule has 0 radical (unpaired) electrons. The van der Waals surface area contributed by atoms with Gasteiger partial charge in [-0.3, -0.25) is 0 Å². The first kappa shape index (κ1) is 13.7. The highest BCUT2D eigenvalue weighted by Crippen LogP contribution is 2.10. The second kappa shape index (κ2) is 6.99. The molecule has 5 nitrogen and oxygen atoms in total. The Kier molecular flexibility index (Phi) is 5.03. The van der Waals surface area contributed by atoms with E-state index >= 15 is 0 Å². The Labute approximate surface area is 114 Å². The van der Waals surface area contributed by atoms with Crippen molar-refractivity contribution in [3.05, 3.63) is 24.3 Å². The van der Waals surface area contributed by atoms with Crippen molar-refractivity contribution < 1.29 is 4.79 Å². The lowest BCUT2D eigenvalue weighted by molar-refractivity contribution is 0.251. The molecular formula is C14H22N4O. The van der Waals surface area contributed by atoms with Crippen molar-refractivity contribution >= 4 is 17.4 Å². The Morgan fingerprint density at radius 2 is 1.89 bits per heavy atom. The van der Waals surface area contributed by atoms with Gasteiger partial charge < -0.3 is 21.3 Å². The van der Waals surface area contributed by atoms with Gasteiger partial charge in [0.1, 0.15) is 0 Å². The zero-order valence-electron chi connectivity index (χ0n) is 11.2. The number of carbonyl (C=O) groups is 1. The second-order valence-electron chi connectivity index (χ2n) is 4.91. The molecule has 5 heteroatoms. The molecule has 1 aromatic rings. The highest BCUT2D eigenvalue weighted by molar-refractivity contribution is 5.89. The van der Waals surface area contributed by atoms with Gasteiger partial charge >= 0.3 is 6.03 Å². The van der Waals surface area contributed by atoms with Crippen LogP contribution in [0.15, 0.2) is 24.3 Å². The first-order valence-corrected chi connectivity index (χ1v) is 6.87. The highest BCUT2D eigenvalue weighted by atomic mass is 16.2. The van der Waals surface area contributed by atoms with Gasteiger partial charge in [-0.25, -0.2) is 4.79 Å². The Morgan fingerprint density at radius 3 is 2.58 bits per heavy atom. The van der Waals surface area contributed by atoms with Gasteiger partial charge in [-0.05, 0) is 63.2 Å². The maximum absolute atomic E-state index is 11.6. The summed E-state index contributed by atoms with van der Waals surface area (Å²) in [5.74, 6) is 0. The third-order valence-corrected chi connectivity index (χ3v) is 3.30. The van der Waals surface area contributed by atoms with Crippen molar-refractivity contribution in [1.29, 1.82) is 0 Å². The van der Waals surface area contributed by atoms with Crippen LogP contribution in [0.2, 0.25) is 0 Å². The third kappa shape index (κ3) is 4.79. The summed E-state index contributed by atoms with van der Waals surface area (Å²) in [6.07, 6.45) is 3.62. The predicted molar refractivity (Wildman–Crippen MR) is 78.2 cm³/mol. The van der Waals surface area contributed by atoms with E-state index in [2.05, 4.69) is 15.5 Å². The lowest BCUT2D eigenvalue weighted by Crippen LogP contribution is -2.31. The Balaban J connectivity index is 1.60. The molecule has 1 aliphatic rings. The van der Waals surface area contributed by atoms with E-state index in [1.54, 1.807) is 24.3 Å². The molecule has 1 heterocycles. The van der Waals surface area contributed by atoms with E-state index < -0.39 is 0 Å². The number of nitrogen functional groups attached to an aromatic ring is 1. The maximum Gasteiger partial charge on any atom is 0.319 e. The van der Waals surface area contributed by atoms with E-state index in [-0.39, 0.29) is 6.03 Å². The zero-order chi connectivity index (χ0) is 13.5. The van der Waals surface area contributed by atoms with Gasteiger partial charge in [-0.15, -0.1) is 0 Å². The summed E-state index contributed by atoms with van der Waals surface area (Å²) in [6, 6.07) is 6.95. The number of likely N-dealkylation sites (tertiary alicyclic amines) is 1. The molecule has 1 aromatic carbocycles. The molecule has 1 saturated heterocycles. The van der Waals surface area contributed by atoms with E-state index in [0.717, 1.165) is 18.7 Å². The molecule has 1 aliphatic heterocycles. The fourth-order valence-corrected chi connectivity index (χ4v) is 2.25. The molecule has 0 aromatic heterocycles. The van der Waals surface area contributed by atoms with Crippen LogP contribution >= 0.6 is 0 Å². The molecule has 2 amide bonds. The van der Waals surface area contributed by atoms with Crippen molar-refractivity contribution in [1.82, 2.24) is 10.2 Å². The Bertz CT molecular complexity index is 398. The summed E-state index contributed by atoms with van der Waals surface area (Å²) in [5.41, 5.74) is 7.03. The van der Waals surface area contributed by atoms with Gasteiger partial charge in [-0.2, -0.15) is 0 Å². The minimum absolute atomic E-state index is 0.161. The number of nitrogens with zero attached hydrogens (tertiary/aromatic N) is 1. The van der Waals surface area contributed by atoms with Crippen LogP contribution in [-0.4, -0.2) is 37.1 Å². The average Bonchev–Trinajstić information content (AvgIpc) is 2.91. The molecule has 0 unspecified atom stereocenters. The molecule has 0 spiro atoms. The van der Waals surface area contributed by atoms with Gasteiger partial charge in [0.25, 0.3) is 0 Å². The fourth-order valence-electron chi connectivity index (χ4n) is 2.25. The van der Waals surface area contributed by atoms with Crippen molar-refractivity contribution in [2.24, 2.45) is 0 Å². The summed E-state index contributed by atoms with van der Waals surface area (Å²) in [6.45, 7) is 4.19. The summed E-state index contributed by atoms with van der Waals surface area (Å²) in [4.78, 5) is 14.1. The number of amides is 2. The van der Waals surface area contributed by atoms with Gasteiger partial charge in [0.15, 0.2) is 0 Å². The molecular weight excluding hydrogens is 240 g/mol. The highest BCUT2D eigenvalue weighted by Gasteiger charge is 2.10. The summed E-state index contributed by atoms with van der Waals surface area (Å²) in [5, 5.41) is 5.64. The SMILES string of the molecule is Nc1ccc(NC(=O)NCCCN2CCCC2)cc1. The minimum Gasteiger partial charge on any atom is -0.399 e. The largest absolute Gasteiger partial charge is 0.399 e. The molecule has 4 N–H and O–H groups in total. The summed E-state index contributed by atoms with van der Waals surface area (Å²) in [7, 11) is 0. The topological polar surface area (TPSA) is 70.4 Å². The minimum atomic E-state index is -0.161.